The van der Waals surface area contributed by atoms with Crippen molar-refractivity contribution in [2.45, 2.75) is 20.3 Å². The van der Waals surface area contributed by atoms with Gasteiger partial charge in [0.2, 0.25) is 0 Å². The molecule has 0 fully saturated rings. The maximum Gasteiger partial charge on any atom is 0.138 e. The lowest BCUT2D eigenvalue weighted by Crippen LogP contribution is -2.25. The molecule has 2 rings (SSSR count). The second-order valence-corrected chi connectivity index (χ2v) is 4.72. The van der Waals surface area contributed by atoms with Gasteiger partial charge >= 0.3 is 0 Å². The summed E-state index contributed by atoms with van der Waals surface area (Å²) >= 11 is 0. The summed E-state index contributed by atoms with van der Waals surface area (Å²) in [6.07, 6.45) is 0.987. The van der Waals surface area contributed by atoms with Crippen LogP contribution in [0.4, 0.5) is 0 Å². The second-order valence-electron chi connectivity index (χ2n) is 4.72. The topological polar surface area (TPSA) is 12.5 Å². The van der Waals surface area contributed by atoms with Crippen molar-refractivity contribution in [3.05, 3.63) is 60.2 Å². The molecule has 2 heteroatoms. The monoisotopic (exact) mass is 268 g/mol. The number of hydrogen-bond donors (Lipinski definition) is 0. The average Bonchev–Trinajstić information content (AvgIpc) is 2.51. The molecule has 20 heavy (non-hydrogen) atoms. The van der Waals surface area contributed by atoms with E-state index in [4.69, 9.17) is 4.74 Å². The Morgan fingerprint density at radius 3 is 2.45 bits per heavy atom. The van der Waals surface area contributed by atoms with Gasteiger partial charge in [-0.25, -0.2) is 0 Å². The van der Waals surface area contributed by atoms with E-state index in [9.17, 15) is 0 Å². The van der Waals surface area contributed by atoms with Crippen molar-refractivity contribution in [2.75, 3.05) is 19.6 Å². The number of hydrogen-bond acceptors (Lipinski definition) is 2. The number of likely N-dealkylation sites (N-methyl/N-ethyl adjacent to an activating group) is 1. The predicted octanol–water partition coefficient (Wildman–Crippen LogP) is 4.16. The minimum atomic E-state index is 0.839. The summed E-state index contributed by atoms with van der Waals surface area (Å²) < 4.78 is 5.93. The molecule has 1 radical (unpaired) electrons. The van der Waals surface area contributed by atoms with Crippen LogP contribution in [0.2, 0.25) is 0 Å². The Kier molecular flexibility index (Phi) is 5.63. The fourth-order valence-electron chi connectivity index (χ4n) is 2.17. The van der Waals surface area contributed by atoms with Crippen molar-refractivity contribution < 1.29 is 4.74 Å². The molecule has 0 amide bonds. The molecule has 2 aromatic carbocycles. The van der Waals surface area contributed by atoms with Gasteiger partial charge in [-0.15, -0.1) is 0 Å². The van der Waals surface area contributed by atoms with Crippen LogP contribution >= 0.6 is 0 Å². The number of benzene rings is 2. The van der Waals surface area contributed by atoms with E-state index in [1.54, 1.807) is 0 Å². The van der Waals surface area contributed by atoms with E-state index in [0.717, 1.165) is 37.6 Å². The third-order valence-electron chi connectivity index (χ3n) is 3.45. The number of rotatable bonds is 7. The Bertz CT molecular complexity index is 506. The normalized spacial score (nSPS) is 10.8. The summed E-state index contributed by atoms with van der Waals surface area (Å²) in [5.74, 6) is 1.70. The molecule has 0 aliphatic rings. The summed E-state index contributed by atoms with van der Waals surface area (Å²) in [4.78, 5) is 2.42. The van der Waals surface area contributed by atoms with Crippen molar-refractivity contribution in [2.24, 2.45) is 0 Å². The largest absolute Gasteiger partial charge is 0.456 e. The molecule has 2 aromatic rings. The van der Waals surface area contributed by atoms with E-state index < -0.39 is 0 Å². The molecule has 0 saturated heterocycles. The summed E-state index contributed by atoms with van der Waals surface area (Å²) in [7, 11) is 0. The van der Waals surface area contributed by atoms with Gasteiger partial charge in [0.15, 0.2) is 0 Å². The van der Waals surface area contributed by atoms with E-state index >= 15 is 0 Å². The maximum absolute atomic E-state index is 5.93. The van der Waals surface area contributed by atoms with E-state index in [-0.39, 0.29) is 0 Å². The molecule has 0 N–H and O–H groups in total. The van der Waals surface area contributed by atoms with E-state index in [0.29, 0.717) is 0 Å². The smallest absolute Gasteiger partial charge is 0.138 e. The maximum atomic E-state index is 5.93. The minimum Gasteiger partial charge on any atom is -0.456 e. The van der Waals surface area contributed by atoms with E-state index in [1.807, 2.05) is 42.5 Å². The van der Waals surface area contributed by atoms with E-state index in [1.165, 1.54) is 5.56 Å². The highest BCUT2D eigenvalue weighted by atomic mass is 16.5. The van der Waals surface area contributed by atoms with Gasteiger partial charge in [0.1, 0.15) is 11.5 Å². The molecular weight excluding hydrogens is 246 g/mol. The van der Waals surface area contributed by atoms with Crippen LogP contribution < -0.4 is 4.74 Å². The van der Waals surface area contributed by atoms with Crippen LogP contribution in [0.1, 0.15) is 19.4 Å². The van der Waals surface area contributed by atoms with Gasteiger partial charge < -0.3 is 9.64 Å². The summed E-state index contributed by atoms with van der Waals surface area (Å²) in [6, 6.07) is 19.1. The quantitative estimate of drug-likeness (QED) is 0.747. The van der Waals surface area contributed by atoms with Gasteiger partial charge in [-0.2, -0.15) is 0 Å². The molecule has 0 unspecified atom stereocenters. The SMILES string of the molecule is CCN(CC)CCc1ccc[c]c1Oc1ccccc1. The molecule has 0 aliphatic carbocycles. The zero-order chi connectivity index (χ0) is 14.2. The molecule has 105 valence electrons. The molecule has 0 spiro atoms. The van der Waals surface area contributed by atoms with Crippen molar-refractivity contribution in [1.29, 1.82) is 0 Å². The van der Waals surface area contributed by atoms with Crippen LogP contribution in [0.3, 0.4) is 0 Å². The Labute approximate surface area is 122 Å². The molecule has 0 aromatic heterocycles. The van der Waals surface area contributed by atoms with Crippen molar-refractivity contribution in [3.8, 4) is 11.5 Å². The zero-order valence-corrected chi connectivity index (χ0v) is 12.3. The Balaban J connectivity index is 2.06. The summed E-state index contributed by atoms with van der Waals surface area (Å²) in [5, 5.41) is 0. The van der Waals surface area contributed by atoms with Gasteiger partial charge in [-0.1, -0.05) is 50.2 Å². The lowest BCUT2D eigenvalue weighted by molar-refractivity contribution is 0.306. The highest BCUT2D eigenvalue weighted by molar-refractivity contribution is 5.37. The number of ether oxygens (including phenoxy) is 1. The second kappa shape index (κ2) is 7.71. The highest BCUT2D eigenvalue weighted by Crippen LogP contribution is 2.24. The summed E-state index contributed by atoms with van der Waals surface area (Å²) in [6.45, 7) is 7.61. The van der Waals surface area contributed by atoms with Crippen molar-refractivity contribution in [1.82, 2.24) is 4.90 Å². The van der Waals surface area contributed by atoms with Crippen molar-refractivity contribution >= 4 is 0 Å². The number of para-hydroxylation sites is 2. The molecule has 2 nitrogen and oxygen atoms in total. The first-order chi connectivity index (χ1) is 9.83. The predicted molar refractivity (Wildman–Crippen MR) is 83.3 cm³/mol. The van der Waals surface area contributed by atoms with Gasteiger partial charge in [0, 0.05) is 12.6 Å². The third kappa shape index (κ3) is 4.10. The fraction of sp³-hybridized carbons (Fsp3) is 0.333. The first-order valence-electron chi connectivity index (χ1n) is 7.28. The van der Waals surface area contributed by atoms with E-state index in [2.05, 4.69) is 30.9 Å². The standard InChI is InChI=1S/C18H22NO/c1-3-19(4-2)15-14-16-10-8-9-13-18(16)20-17-11-6-5-7-12-17/h5-12H,3-4,14-15H2,1-2H3. The zero-order valence-electron chi connectivity index (χ0n) is 12.3. The molecule has 0 aliphatic heterocycles. The lowest BCUT2D eigenvalue weighted by atomic mass is 10.1. The van der Waals surface area contributed by atoms with Crippen LogP contribution in [0.5, 0.6) is 11.5 Å². The average molecular weight is 268 g/mol. The van der Waals surface area contributed by atoms with Crippen LogP contribution in [-0.4, -0.2) is 24.5 Å². The molecule has 0 atom stereocenters. The molecule has 0 saturated carbocycles. The van der Waals surface area contributed by atoms with Crippen LogP contribution in [0.25, 0.3) is 0 Å². The lowest BCUT2D eigenvalue weighted by Gasteiger charge is -2.18. The van der Waals surface area contributed by atoms with Crippen LogP contribution in [-0.2, 0) is 6.42 Å². The Morgan fingerprint density at radius 2 is 1.75 bits per heavy atom. The molecule has 0 heterocycles. The van der Waals surface area contributed by atoms with Crippen LogP contribution in [0, 0.1) is 6.07 Å². The third-order valence-corrected chi connectivity index (χ3v) is 3.45. The van der Waals surface area contributed by atoms with Gasteiger partial charge in [0.05, 0.1) is 0 Å². The Hall–Kier alpha value is -1.80. The van der Waals surface area contributed by atoms with Crippen molar-refractivity contribution in [3.63, 3.8) is 0 Å². The van der Waals surface area contributed by atoms with Gasteiger partial charge in [0.25, 0.3) is 0 Å². The van der Waals surface area contributed by atoms with Crippen LogP contribution in [0.15, 0.2) is 48.5 Å². The summed E-state index contributed by atoms with van der Waals surface area (Å²) in [5.41, 5.74) is 1.21. The van der Waals surface area contributed by atoms with Gasteiger partial charge in [-0.3, -0.25) is 0 Å². The Morgan fingerprint density at radius 1 is 1.00 bits per heavy atom. The highest BCUT2D eigenvalue weighted by Gasteiger charge is 2.06. The molecule has 0 bridgehead atoms. The minimum absolute atomic E-state index is 0.839. The first kappa shape index (κ1) is 14.6. The fourth-order valence-corrected chi connectivity index (χ4v) is 2.17. The first-order valence-corrected chi connectivity index (χ1v) is 7.28. The molecular formula is C18H22NO. The number of nitrogens with zero attached hydrogens (tertiary/aromatic N) is 1. The van der Waals surface area contributed by atoms with Gasteiger partial charge in [-0.05, 0) is 37.2 Å².